The highest BCUT2D eigenvalue weighted by Crippen LogP contribution is 2.37. The summed E-state index contributed by atoms with van der Waals surface area (Å²) in [4.78, 5) is 29.5. The first-order valence-electron chi connectivity index (χ1n) is 9.55. The van der Waals surface area contributed by atoms with Crippen LogP contribution in [-0.4, -0.2) is 16.6 Å². The van der Waals surface area contributed by atoms with E-state index in [9.17, 15) is 9.59 Å². The second-order valence-corrected chi connectivity index (χ2v) is 7.55. The van der Waals surface area contributed by atoms with Gasteiger partial charge < -0.3 is 0 Å². The van der Waals surface area contributed by atoms with Gasteiger partial charge in [0, 0.05) is 24.2 Å². The van der Waals surface area contributed by atoms with Gasteiger partial charge in [-0.3, -0.25) is 14.6 Å². The lowest BCUT2D eigenvalue weighted by molar-refractivity contribution is -0.134. The van der Waals surface area contributed by atoms with Crippen molar-refractivity contribution in [2.45, 2.75) is 51.9 Å². The fourth-order valence-corrected chi connectivity index (χ4v) is 4.09. The SMILES string of the molecule is CC(=O)C(Cc1cc(C)ccn1)C(=O)C1CCC(c2ccccc2)CC1. The van der Waals surface area contributed by atoms with Gasteiger partial charge in [-0.15, -0.1) is 0 Å². The van der Waals surface area contributed by atoms with E-state index in [4.69, 9.17) is 0 Å². The topological polar surface area (TPSA) is 47.0 Å². The van der Waals surface area contributed by atoms with E-state index in [1.165, 1.54) is 12.5 Å². The Morgan fingerprint density at radius 1 is 1.08 bits per heavy atom. The Morgan fingerprint density at radius 2 is 1.77 bits per heavy atom. The molecular formula is C23H27NO2. The molecule has 0 saturated heterocycles. The molecule has 1 aromatic heterocycles. The molecule has 1 heterocycles. The van der Waals surface area contributed by atoms with Crippen LogP contribution in [0.4, 0.5) is 0 Å². The maximum Gasteiger partial charge on any atom is 0.146 e. The molecule has 1 atom stereocenters. The molecule has 26 heavy (non-hydrogen) atoms. The molecule has 0 N–H and O–H groups in total. The number of nitrogens with zero attached hydrogens (tertiary/aromatic N) is 1. The van der Waals surface area contributed by atoms with Crippen LogP contribution in [-0.2, 0) is 16.0 Å². The van der Waals surface area contributed by atoms with Gasteiger partial charge in [-0.1, -0.05) is 30.3 Å². The van der Waals surface area contributed by atoms with Crippen molar-refractivity contribution in [3.63, 3.8) is 0 Å². The second-order valence-electron chi connectivity index (χ2n) is 7.55. The van der Waals surface area contributed by atoms with Crippen molar-refractivity contribution in [3.05, 3.63) is 65.5 Å². The Labute approximate surface area is 155 Å². The van der Waals surface area contributed by atoms with Gasteiger partial charge in [0.15, 0.2) is 0 Å². The average Bonchev–Trinajstić information content (AvgIpc) is 2.66. The van der Waals surface area contributed by atoms with Gasteiger partial charge in [-0.05, 0) is 68.7 Å². The number of carbonyl (C=O) groups is 2. The normalized spacial score (nSPS) is 21.2. The van der Waals surface area contributed by atoms with Crippen molar-refractivity contribution in [2.75, 3.05) is 0 Å². The van der Waals surface area contributed by atoms with Gasteiger partial charge in [0.2, 0.25) is 0 Å². The van der Waals surface area contributed by atoms with Gasteiger partial charge >= 0.3 is 0 Å². The first kappa shape index (κ1) is 18.5. The maximum absolute atomic E-state index is 13.0. The van der Waals surface area contributed by atoms with Crippen molar-refractivity contribution < 1.29 is 9.59 Å². The summed E-state index contributed by atoms with van der Waals surface area (Å²) in [5.74, 6) is 0.0709. The minimum Gasteiger partial charge on any atom is -0.299 e. The summed E-state index contributed by atoms with van der Waals surface area (Å²) in [5.41, 5.74) is 3.30. The third-order valence-corrected chi connectivity index (χ3v) is 5.62. The Morgan fingerprint density at radius 3 is 2.38 bits per heavy atom. The number of ketones is 2. The summed E-state index contributed by atoms with van der Waals surface area (Å²) in [6.07, 6.45) is 5.97. The van der Waals surface area contributed by atoms with E-state index in [2.05, 4.69) is 29.2 Å². The zero-order valence-electron chi connectivity index (χ0n) is 15.7. The summed E-state index contributed by atoms with van der Waals surface area (Å²) in [6, 6.07) is 14.4. The molecule has 1 saturated carbocycles. The minimum absolute atomic E-state index is 0.00803. The lowest BCUT2D eigenvalue weighted by Gasteiger charge is -2.29. The quantitative estimate of drug-likeness (QED) is 0.711. The van der Waals surface area contributed by atoms with E-state index >= 15 is 0 Å². The molecule has 3 rings (SSSR count). The molecule has 1 aliphatic carbocycles. The van der Waals surface area contributed by atoms with E-state index in [0.717, 1.165) is 36.9 Å². The molecule has 1 unspecified atom stereocenters. The smallest absolute Gasteiger partial charge is 0.146 e. The van der Waals surface area contributed by atoms with Crippen LogP contribution in [0.1, 0.15) is 55.3 Å². The van der Waals surface area contributed by atoms with Crippen molar-refractivity contribution in [1.82, 2.24) is 4.98 Å². The summed E-state index contributed by atoms with van der Waals surface area (Å²) >= 11 is 0. The van der Waals surface area contributed by atoms with Crippen molar-refractivity contribution >= 4 is 11.6 Å². The zero-order valence-corrected chi connectivity index (χ0v) is 15.7. The Kier molecular flexibility index (Phi) is 5.97. The molecule has 0 amide bonds. The van der Waals surface area contributed by atoms with Gasteiger partial charge in [0.1, 0.15) is 11.6 Å². The number of rotatable bonds is 6. The van der Waals surface area contributed by atoms with Crippen LogP contribution in [0.15, 0.2) is 48.7 Å². The van der Waals surface area contributed by atoms with Crippen LogP contribution in [0.5, 0.6) is 0 Å². The molecule has 136 valence electrons. The highest BCUT2D eigenvalue weighted by atomic mass is 16.1. The molecule has 3 nitrogen and oxygen atoms in total. The molecule has 0 bridgehead atoms. The standard InChI is InChI=1S/C23H27NO2/c1-16-12-13-24-21(14-16)15-22(17(2)25)23(26)20-10-8-19(9-11-20)18-6-4-3-5-7-18/h3-7,12-14,19-20,22H,8-11,15H2,1-2H3. The summed E-state index contributed by atoms with van der Waals surface area (Å²) < 4.78 is 0. The predicted molar refractivity (Wildman–Crippen MR) is 103 cm³/mol. The van der Waals surface area contributed by atoms with Gasteiger partial charge in [-0.25, -0.2) is 0 Å². The van der Waals surface area contributed by atoms with E-state index in [1.807, 2.05) is 25.1 Å². The molecule has 1 aromatic carbocycles. The molecule has 1 aliphatic rings. The number of hydrogen-bond donors (Lipinski definition) is 0. The predicted octanol–water partition coefficient (Wildman–Crippen LogP) is 4.68. The summed E-state index contributed by atoms with van der Waals surface area (Å²) in [5, 5.41) is 0. The first-order chi connectivity index (χ1) is 12.5. The van der Waals surface area contributed by atoms with Gasteiger partial charge in [0.05, 0.1) is 5.92 Å². The van der Waals surface area contributed by atoms with E-state index in [-0.39, 0.29) is 17.5 Å². The number of hydrogen-bond acceptors (Lipinski definition) is 3. The van der Waals surface area contributed by atoms with Gasteiger partial charge in [-0.2, -0.15) is 0 Å². The molecule has 0 radical (unpaired) electrons. The molecule has 1 fully saturated rings. The van der Waals surface area contributed by atoms with Crippen LogP contribution in [0.25, 0.3) is 0 Å². The number of Topliss-reactive ketones (excluding diaryl/α,β-unsaturated/α-hetero) is 2. The number of carbonyl (C=O) groups excluding carboxylic acids is 2. The number of pyridine rings is 1. The van der Waals surface area contributed by atoms with E-state index in [0.29, 0.717) is 12.3 Å². The third-order valence-electron chi connectivity index (χ3n) is 5.62. The monoisotopic (exact) mass is 349 g/mol. The van der Waals surface area contributed by atoms with Crippen molar-refractivity contribution in [1.29, 1.82) is 0 Å². The minimum atomic E-state index is -0.553. The Bertz CT molecular complexity index is 761. The van der Waals surface area contributed by atoms with E-state index < -0.39 is 5.92 Å². The molecular weight excluding hydrogens is 322 g/mol. The number of aromatic nitrogens is 1. The van der Waals surface area contributed by atoms with Crippen LogP contribution >= 0.6 is 0 Å². The first-order valence-corrected chi connectivity index (χ1v) is 9.55. The highest BCUT2D eigenvalue weighted by molar-refractivity contribution is 6.02. The molecule has 3 heteroatoms. The summed E-state index contributed by atoms with van der Waals surface area (Å²) in [6.45, 7) is 3.54. The fourth-order valence-electron chi connectivity index (χ4n) is 4.09. The summed E-state index contributed by atoms with van der Waals surface area (Å²) in [7, 11) is 0. The lowest BCUT2D eigenvalue weighted by atomic mass is 9.74. The third kappa shape index (κ3) is 4.46. The van der Waals surface area contributed by atoms with Crippen molar-refractivity contribution in [2.24, 2.45) is 11.8 Å². The van der Waals surface area contributed by atoms with E-state index in [1.54, 1.807) is 6.20 Å². The van der Waals surface area contributed by atoms with Crippen LogP contribution in [0.3, 0.4) is 0 Å². The van der Waals surface area contributed by atoms with Crippen LogP contribution in [0, 0.1) is 18.8 Å². The second kappa shape index (κ2) is 8.39. The lowest BCUT2D eigenvalue weighted by Crippen LogP contribution is -2.32. The fraction of sp³-hybridized carbons (Fsp3) is 0.435. The average molecular weight is 349 g/mol. The number of aryl methyl sites for hydroxylation is 1. The largest absolute Gasteiger partial charge is 0.299 e. The van der Waals surface area contributed by atoms with Crippen molar-refractivity contribution in [3.8, 4) is 0 Å². The number of benzene rings is 1. The maximum atomic E-state index is 13.0. The Balaban J connectivity index is 1.64. The van der Waals surface area contributed by atoms with Crippen LogP contribution < -0.4 is 0 Å². The van der Waals surface area contributed by atoms with Crippen LogP contribution in [0.2, 0.25) is 0 Å². The highest BCUT2D eigenvalue weighted by Gasteiger charge is 2.33. The molecule has 0 spiro atoms. The zero-order chi connectivity index (χ0) is 18.5. The van der Waals surface area contributed by atoms with Gasteiger partial charge in [0.25, 0.3) is 0 Å². The molecule has 2 aromatic rings. The Hall–Kier alpha value is -2.29. The molecule has 0 aliphatic heterocycles.